The largest absolute Gasteiger partial charge is 0.473 e. The van der Waals surface area contributed by atoms with Crippen LogP contribution in [-0.4, -0.2) is 40.2 Å². The van der Waals surface area contributed by atoms with E-state index in [9.17, 15) is 0 Å². The van der Waals surface area contributed by atoms with Crippen molar-refractivity contribution in [3.05, 3.63) is 18.6 Å². The molecule has 2 aromatic rings. The summed E-state index contributed by atoms with van der Waals surface area (Å²) in [5.74, 6) is 1.29. The molecule has 2 aromatic heterocycles. The van der Waals surface area contributed by atoms with E-state index in [1.165, 1.54) is 0 Å². The third-order valence-electron chi connectivity index (χ3n) is 2.47. The van der Waals surface area contributed by atoms with Gasteiger partial charge in [-0.15, -0.1) is 0 Å². The van der Waals surface area contributed by atoms with Crippen LogP contribution in [0, 0.1) is 0 Å². The smallest absolute Gasteiger partial charge is 0.260 e. The Morgan fingerprint density at radius 3 is 2.95 bits per heavy atom. The monoisotopic (exact) mass is 264 g/mol. The van der Waals surface area contributed by atoms with Gasteiger partial charge in [0.15, 0.2) is 0 Å². The number of hydrogen-bond acceptors (Lipinski definition) is 5. The lowest BCUT2D eigenvalue weighted by Gasteiger charge is -2.11. The SMILES string of the molecule is CCNc1cn2ccnc2c(OCCOC(C)C)n1. The van der Waals surface area contributed by atoms with Crippen molar-refractivity contribution < 1.29 is 9.47 Å². The summed E-state index contributed by atoms with van der Waals surface area (Å²) >= 11 is 0. The van der Waals surface area contributed by atoms with Gasteiger partial charge < -0.3 is 14.8 Å². The zero-order valence-corrected chi connectivity index (χ0v) is 11.6. The van der Waals surface area contributed by atoms with E-state index in [1.807, 2.05) is 37.6 Å². The first kappa shape index (κ1) is 13.6. The highest BCUT2D eigenvalue weighted by Crippen LogP contribution is 2.18. The normalized spacial score (nSPS) is 11.2. The van der Waals surface area contributed by atoms with Crippen LogP contribution in [0.15, 0.2) is 18.6 Å². The molecule has 0 aliphatic carbocycles. The molecule has 0 radical (unpaired) electrons. The van der Waals surface area contributed by atoms with Gasteiger partial charge in [-0.2, -0.15) is 4.98 Å². The highest BCUT2D eigenvalue weighted by molar-refractivity contribution is 5.53. The van der Waals surface area contributed by atoms with E-state index in [2.05, 4.69) is 15.3 Å². The highest BCUT2D eigenvalue weighted by atomic mass is 16.5. The molecule has 0 amide bonds. The maximum absolute atomic E-state index is 5.66. The van der Waals surface area contributed by atoms with Gasteiger partial charge in [-0.3, -0.25) is 4.40 Å². The molecule has 2 rings (SSSR count). The molecule has 0 spiro atoms. The van der Waals surface area contributed by atoms with Crippen LogP contribution < -0.4 is 10.1 Å². The number of aromatic nitrogens is 3. The van der Waals surface area contributed by atoms with Gasteiger partial charge >= 0.3 is 0 Å². The standard InChI is InChI=1S/C13H20N4O2/c1-4-14-11-9-17-6-5-15-12(17)13(16-11)19-8-7-18-10(2)3/h5-6,9-10,14H,4,7-8H2,1-3H3. The molecule has 0 saturated heterocycles. The third kappa shape index (κ3) is 3.57. The van der Waals surface area contributed by atoms with Crippen LogP contribution in [0.25, 0.3) is 5.65 Å². The first-order valence-electron chi connectivity index (χ1n) is 6.52. The summed E-state index contributed by atoms with van der Waals surface area (Å²) in [4.78, 5) is 8.65. The molecular weight excluding hydrogens is 244 g/mol. The van der Waals surface area contributed by atoms with Crippen LogP contribution in [0.3, 0.4) is 0 Å². The summed E-state index contributed by atoms with van der Waals surface area (Å²) in [5, 5.41) is 3.17. The fraction of sp³-hybridized carbons (Fsp3) is 0.538. The Labute approximate surface area is 112 Å². The van der Waals surface area contributed by atoms with Gasteiger partial charge in [0, 0.05) is 18.9 Å². The van der Waals surface area contributed by atoms with Crippen LogP contribution in [-0.2, 0) is 4.74 Å². The minimum Gasteiger partial charge on any atom is -0.473 e. The van der Waals surface area contributed by atoms with Gasteiger partial charge in [-0.1, -0.05) is 0 Å². The molecule has 0 aromatic carbocycles. The topological polar surface area (TPSA) is 60.7 Å². The Bertz CT molecular complexity index is 524. The summed E-state index contributed by atoms with van der Waals surface area (Å²) in [5.41, 5.74) is 0.714. The van der Waals surface area contributed by atoms with E-state index in [4.69, 9.17) is 9.47 Å². The summed E-state index contributed by atoms with van der Waals surface area (Å²) in [6.45, 7) is 7.83. The van der Waals surface area contributed by atoms with E-state index in [1.54, 1.807) is 6.20 Å². The van der Waals surface area contributed by atoms with E-state index in [-0.39, 0.29) is 6.10 Å². The first-order chi connectivity index (χ1) is 9.20. The quantitative estimate of drug-likeness (QED) is 0.775. The number of nitrogens with one attached hydrogen (secondary N) is 1. The zero-order chi connectivity index (χ0) is 13.7. The predicted molar refractivity (Wildman–Crippen MR) is 73.7 cm³/mol. The molecule has 6 heteroatoms. The molecule has 6 nitrogen and oxygen atoms in total. The van der Waals surface area contributed by atoms with Crippen molar-refractivity contribution in [2.75, 3.05) is 25.1 Å². The van der Waals surface area contributed by atoms with Crippen LogP contribution in [0.5, 0.6) is 5.88 Å². The van der Waals surface area contributed by atoms with E-state index >= 15 is 0 Å². The Kier molecular flexibility index (Phi) is 4.57. The Morgan fingerprint density at radius 1 is 1.37 bits per heavy atom. The fourth-order valence-corrected chi connectivity index (χ4v) is 1.69. The Hall–Kier alpha value is -1.82. The fourth-order valence-electron chi connectivity index (χ4n) is 1.69. The maximum Gasteiger partial charge on any atom is 0.260 e. The third-order valence-corrected chi connectivity index (χ3v) is 2.47. The number of hydrogen-bond donors (Lipinski definition) is 1. The molecule has 0 aliphatic heterocycles. The maximum atomic E-state index is 5.66. The van der Waals surface area contributed by atoms with Crippen molar-refractivity contribution in [2.24, 2.45) is 0 Å². The predicted octanol–water partition coefficient (Wildman–Crippen LogP) is 1.96. The minimum atomic E-state index is 0.205. The number of rotatable bonds is 7. The molecule has 0 fully saturated rings. The summed E-state index contributed by atoms with van der Waals surface area (Å²) < 4.78 is 13.0. The zero-order valence-electron chi connectivity index (χ0n) is 11.6. The lowest BCUT2D eigenvalue weighted by atomic mass is 10.5. The molecular formula is C13H20N4O2. The molecule has 0 atom stereocenters. The van der Waals surface area contributed by atoms with Gasteiger partial charge in [-0.25, -0.2) is 4.98 Å². The summed E-state index contributed by atoms with van der Waals surface area (Å²) in [6, 6.07) is 0. The van der Waals surface area contributed by atoms with Crippen molar-refractivity contribution in [3.63, 3.8) is 0 Å². The van der Waals surface area contributed by atoms with Crippen LogP contribution in [0.2, 0.25) is 0 Å². The van der Waals surface area contributed by atoms with Crippen LogP contribution in [0.1, 0.15) is 20.8 Å². The molecule has 0 aliphatic rings. The van der Waals surface area contributed by atoms with Crippen LogP contribution >= 0.6 is 0 Å². The second-order valence-corrected chi connectivity index (χ2v) is 4.39. The number of imidazole rings is 1. The van der Waals surface area contributed by atoms with Gasteiger partial charge in [-0.05, 0) is 20.8 Å². The second kappa shape index (κ2) is 6.38. The van der Waals surface area contributed by atoms with Crippen molar-refractivity contribution in [3.8, 4) is 5.88 Å². The van der Waals surface area contributed by atoms with Gasteiger partial charge in [0.25, 0.3) is 5.88 Å². The lowest BCUT2D eigenvalue weighted by molar-refractivity contribution is 0.0545. The molecule has 0 saturated carbocycles. The average molecular weight is 264 g/mol. The van der Waals surface area contributed by atoms with E-state index in [0.717, 1.165) is 12.4 Å². The van der Waals surface area contributed by atoms with E-state index < -0.39 is 0 Å². The van der Waals surface area contributed by atoms with E-state index in [0.29, 0.717) is 24.7 Å². The summed E-state index contributed by atoms with van der Waals surface area (Å²) in [7, 11) is 0. The average Bonchev–Trinajstić information content (AvgIpc) is 2.83. The minimum absolute atomic E-state index is 0.205. The molecule has 104 valence electrons. The molecule has 19 heavy (non-hydrogen) atoms. The van der Waals surface area contributed by atoms with Gasteiger partial charge in [0.1, 0.15) is 12.4 Å². The van der Waals surface area contributed by atoms with Crippen molar-refractivity contribution >= 4 is 11.5 Å². The molecule has 1 N–H and O–H groups in total. The first-order valence-corrected chi connectivity index (χ1v) is 6.52. The molecule has 0 bridgehead atoms. The highest BCUT2D eigenvalue weighted by Gasteiger charge is 2.08. The van der Waals surface area contributed by atoms with Gasteiger partial charge in [0.2, 0.25) is 5.65 Å². The number of nitrogens with zero attached hydrogens (tertiary/aromatic N) is 3. The van der Waals surface area contributed by atoms with Crippen molar-refractivity contribution in [2.45, 2.75) is 26.9 Å². The number of ether oxygens (including phenoxy) is 2. The second-order valence-electron chi connectivity index (χ2n) is 4.39. The number of fused-ring (bicyclic) bond motifs is 1. The number of anilines is 1. The van der Waals surface area contributed by atoms with Crippen LogP contribution in [0.4, 0.5) is 5.82 Å². The molecule has 2 heterocycles. The Balaban J connectivity index is 2.09. The van der Waals surface area contributed by atoms with Crippen molar-refractivity contribution in [1.82, 2.24) is 14.4 Å². The van der Waals surface area contributed by atoms with Crippen molar-refractivity contribution in [1.29, 1.82) is 0 Å². The summed E-state index contributed by atoms with van der Waals surface area (Å²) in [6.07, 6.45) is 5.69. The Morgan fingerprint density at radius 2 is 2.21 bits per heavy atom. The van der Waals surface area contributed by atoms with Gasteiger partial charge in [0.05, 0.1) is 18.9 Å². The lowest BCUT2D eigenvalue weighted by Crippen LogP contribution is -2.13. The molecule has 0 unspecified atom stereocenters.